The van der Waals surface area contributed by atoms with Gasteiger partial charge in [-0.2, -0.15) is 0 Å². The van der Waals surface area contributed by atoms with Gasteiger partial charge >= 0.3 is 0 Å². The lowest BCUT2D eigenvalue weighted by molar-refractivity contribution is 0.0579. The highest BCUT2D eigenvalue weighted by molar-refractivity contribution is 7.80. The minimum atomic E-state index is -1.04. The number of anilines is 2. The van der Waals surface area contributed by atoms with Gasteiger partial charge in [-0.15, -0.1) is 0 Å². The highest BCUT2D eigenvalue weighted by Gasteiger charge is 2.31. The zero-order valence-electron chi connectivity index (χ0n) is 17.9. The molecule has 0 atom stereocenters. The van der Waals surface area contributed by atoms with Gasteiger partial charge < -0.3 is 20.3 Å². The number of halogens is 1. The Morgan fingerprint density at radius 1 is 1.19 bits per heavy atom. The number of alkyl halides is 1. The highest BCUT2D eigenvalue weighted by atomic mass is 32.1. The standard InChI is InChI=1S/C23H30FN5OS/c1-23(24)9-4-19(5-10-23)30-20-6-12-26-21(15-20)29-13-7-17(8-14-29)27-22(31)28-18-3-2-11-25-16-18/h2-3,6,11-12,15-17,19H,4-5,7-10,13-14H2,1H3,(H2,27,28,31). The van der Waals surface area contributed by atoms with Crippen LogP contribution < -0.4 is 20.3 Å². The summed E-state index contributed by atoms with van der Waals surface area (Å²) in [6, 6.07) is 8.04. The predicted molar refractivity (Wildman–Crippen MR) is 125 cm³/mol. The van der Waals surface area contributed by atoms with Crippen LogP contribution >= 0.6 is 12.2 Å². The first-order chi connectivity index (χ1) is 15.0. The highest BCUT2D eigenvalue weighted by Crippen LogP contribution is 2.33. The van der Waals surface area contributed by atoms with E-state index < -0.39 is 5.67 Å². The van der Waals surface area contributed by atoms with Crippen LogP contribution in [0.25, 0.3) is 0 Å². The zero-order chi connectivity index (χ0) is 21.7. The SMILES string of the molecule is CC1(F)CCC(Oc2ccnc(N3CCC(NC(=S)Nc4cccnc4)CC3)c2)CC1. The first-order valence-electron chi connectivity index (χ1n) is 11.0. The van der Waals surface area contributed by atoms with Gasteiger partial charge in [-0.3, -0.25) is 4.98 Å². The molecule has 31 heavy (non-hydrogen) atoms. The molecule has 1 saturated heterocycles. The quantitative estimate of drug-likeness (QED) is 0.661. The number of nitrogens with one attached hydrogen (secondary N) is 2. The molecule has 166 valence electrons. The third-order valence-corrected chi connectivity index (χ3v) is 6.29. The van der Waals surface area contributed by atoms with E-state index in [2.05, 4.69) is 25.5 Å². The van der Waals surface area contributed by atoms with Gasteiger partial charge in [0.15, 0.2) is 5.11 Å². The number of pyridine rings is 2. The van der Waals surface area contributed by atoms with Crippen LogP contribution in [0.3, 0.4) is 0 Å². The molecular weight excluding hydrogens is 413 g/mol. The number of ether oxygens (including phenoxy) is 1. The van der Waals surface area contributed by atoms with E-state index in [9.17, 15) is 4.39 Å². The Balaban J connectivity index is 1.25. The summed E-state index contributed by atoms with van der Waals surface area (Å²) in [5.41, 5.74) is -0.162. The van der Waals surface area contributed by atoms with Crippen molar-refractivity contribution >= 4 is 28.8 Å². The topological polar surface area (TPSA) is 62.3 Å². The van der Waals surface area contributed by atoms with Gasteiger partial charge in [0.05, 0.1) is 18.0 Å². The van der Waals surface area contributed by atoms with E-state index in [-0.39, 0.29) is 6.10 Å². The van der Waals surface area contributed by atoms with Crippen LogP contribution in [0.1, 0.15) is 45.4 Å². The molecular formula is C23H30FN5OS. The monoisotopic (exact) mass is 443 g/mol. The van der Waals surface area contributed by atoms with Crippen molar-refractivity contribution in [2.24, 2.45) is 0 Å². The van der Waals surface area contributed by atoms with Crippen LogP contribution in [0.4, 0.5) is 15.9 Å². The van der Waals surface area contributed by atoms with Crippen molar-refractivity contribution in [2.75, 3.05) is 23.3 Å². The summed E-state index contributed by atoms with van der Waals surface area (Å²) >= 11 is 5.43. The number of aromatic nitrogens is 2. The molecule has 2 aromatic rings. The first kappa shape index (κ1) is 21.7. The Hall–Kier alpha value is -2.48. The van der Waals surface area contributed by atoms with E-state index in [1.807, 2.05) is 24.3 Å². The molecule has 6 nitrogen and oxygen atoms in total. The summed E-state index contributed by atoms with van der Waals surface area (Å²) < 4.78 is 20.2. The Morgan fingerprint density at radius 2 is 1.97 bits per heavy atom. The van der Waals surface area contributed by atoms with Crippen LogP contribution in [0.2, 0.25) is 0 Å². The Kier molecular flexibility index (Phi) is 6.85. The number of thiocarbonyl (C=S) groups is 1. The van der Waals surface area contributed by atoms with Crippen molar-refractivity contribution < 1.29 is 9.13 Å². The van der Waals surface area contributed by atoms with Gasteiger partial charge in [0.1, 0.15) is 17.2 Å². The van der Waals surface area contributed by atoms with Crippen molar-refractivity contribution in [2.45, 2.75) is 63.3 Å². The van der Waals surface area contributed by atoms with E-state index in [0.717, 1.165) is 56.0 Å². The fourth-order valence-electron chi connectivity index (χ4n) is 4.19. The van der Waals surface area contributed by atoms with Crippen LogP contribution in [0.5, 0.6) is 5.75 Å². The number of hydrogen-bond donors (Lipinski definition) is 2. The Morgan fingerprint density at radius 3 is 2.68 bits per heavy atom. The molecule has 4 rings (SSSR count). The van der Waals surface area contributed by atoms with E-state index in [1.165, 1.54) is 0 Å². The lowest BCUT2D eigenvalue weighted by Crippen LogP contribution is -2.46. The minimum Gasteiger partial charge on any atom is -0.490 e. The molecule has 1 aliphatic carbocycles. The third kappa shape index (κ3) is 6.26. The molecule has 2 aromatic heterocycles. The zero-order valence-corrected chi connectivity index (χ0v) is 18.7. The number of rotatable bonds is 5. The molecule has 2 N–H and O–H groups in total. The summed E-state index contributed by atoms with van der Waals surface area (Å²) in [5, 5.41) is 7.20. The normalized spacial score (nSPS) is 24.5. The van der Waals surface area contributed by atoms with Gasteiger partial charge in [0.2, 0.25) is 0 Å². The minimum absolute atomic E-state index is 0.0855. The largest absolute Gasteiger partial charge is 0.490 e. The van der Waals surface area contributed by atoms with Gasteiger partial charge in [-0.25, -0.2) is 9.37 Å². The second kappa shape index (κ2) is 9.77. The summed E-state index contributed by atoms with van der Waals surface area (Å²) in [5.74, 6) is 1.75. The van der Waals surface area contributed by atoms with Gasteiger partial charge in [0, 0.05) is 37.6 Å². The van der Waals surface area contributed by atoms with E-state index in [0.29, 0.717) is 24.0 Å². The molecule has 1 aliphatic heterocycles. The lowest BCUT2D eigenvalue weighted by Gasteiger charge is -2.34. The summed E-state index contributed by atoms with van der Waals surface area (Å²) in [6.07, 6.45) is 9.95. The molecule has 0 amide bonds. The van der Waals surface area contributed by atoms with E-state index in [4.69, 9.17) is 17.0 Å². The number of nitrogens with zero attached hydrogens (tertiary/aromatic N) is 3. The number of piperidine rings is 1. The summed E-state index contributed by atoms with van der Waals surface area (Å²) in [4.78, 5) is 10.9. The average molecular weight is 444 g/mol. The molecule has 0 bridgehead atoms. The van der Waals surface area contributed by atoms with Gasteiger partial charge in [0.25, 0.3) is 0 Å². The molecule has 2 fully saturated rings. The second-order valence-electron chi connectivity index (χ2n) is 8.68. The lowest BCUT2D eigenvalue weighted by atomic mass is 9.86. The van der Waals surface area contributed by atoms with E-state index >= 15 is 0 Å². The molecule has 0 spiro atoms. The van der Waals surface area contributed by atoms with Crippen LogP contribution in [0.15, 0.2) is 42.9 Å². The summed E-state index contributed by atoms with van der Waals surface area (Å²) in [6.45, 7) is 3.48. The third-order valence-electron chi connectivity index (χ3n) is 6.07. The van der Waals surface area contributed by atoms with E-state index in [1.54, 1.807) is 25.5 Å². The van der Waals surface area contributed by atoms with Crippen LogP contribution in [-0.2, 0) is 0 Å². The maximum absolute atomic E-state index is 14.0. The molecule has 3 heterocycles. The predicted octanol–water partition coefficient (Wildman–Crippen LogP) is 4.48. The molecule has 8 heteroatoms. The molecule has 1 saturated carbocycles. The van der Waals surface area contributed by atoms with Gasteiger partial charge in [-0.1, -0.05) is 0 Å². The summed E-state index contributed by atoms with van der Waals surface area (Å²) in [7, 11) is 0. The number of hydrogen-bond acceptors (Lipinski definition) is 5. The Labute approximate surface area is 188 Å². The smallest absolute Gasteiger partial charge is 0.171 e. The van der Waals surface area contributed by atoms with Crippen molar-refractivity contribution in [3.63, 3.8) is 0 Å². The van der Waals surface area contributed by atoms with Crippen molar-refractivity contribution in [1.29, 1.82) is 0 Å². The molecule has 0 radical (unpaired) electrons. The van der Waals surface area contributed by atoms with Crippen molar-refractivity contribution in [3.05, 3.63) is 42.9 Å². The molecule has 0 unspecified atom stereocenters. The fourth-order valence-corrected chi connectivity index (χ4v) is 4.48. The van der Waals surface area contributed by atoms with Gasteiger partial charge in [-0.05, 0) is 75.9 Å². The average Bonchev–Trinajstić information content (AvgIpc) is 2.77. The Bertz CT molecular complexity index is 863. The van der Waals surface area contributed by atoms with Crippen LogP contribution in [-0.4, -0.2) is 46.0 Å². The van der Waals surface area contributed by atoms with Crippen molar-refractivity contribution in [1.82, 2.24) is 15.3 Å². The van der Waals surface area contributed by atoms with Crippen LogP contribution in [0, 0.1) is 0 Å². The maximum Gasteiger partial charge on any atom is 0.171 e. The first-order valence-corrected chi connectivity index (χ1v) is 11.4. The fraction of sp³-hybridized carbons (Fsp3) is 0.522. The maximum atomic E-state index is 14.0. The molecule has 0 aromatic carbocycles. The van der Waals surface area contributed by atoms with Crippen molar-refractivity contribution in [3.8, 4) is 5.75 Å². The molecule has 2 aliphatic rings. The second-order valence-corrected chi connectivity index (χ2v) is 9.09.